The van der Waals surface area contributed by atoms with Gasteiger partial charge in [-0.25, -0.2) is 14.4 Å². The van der Waals surface area contributed by atoms with E-state index in [1.54, 1.807) is 41.5 Å². The van der Waals surface area contributed by atoms with Gasteiger partial charge >= 0.3 is 18.2 Å². The summed E-state index contributed by atoms with van der Waals surface area (Å²) in [4.78, 5) is 38.6. The van der Waals surface area contributed by atoms with E-state index in [4.69, 9.17) is 9.47 Å². The number of ether oxygens (including phenoxy) is 2. The Labute approximate surface area is 148 Å². The Morgan fingerprint density at radius 3 is 1.96 bits per heavy atom. The van der Waals surface area contributed by atoms with Gasteiger partial charge in [0, 0.05) is 0 Å². The highest BCUT2D eigenvalue weighted by Gasteiger charge is 2.23. The van der Waals surface area contributed by atoms with E-state index in [-0.39, 0.29) is 12.4 Å². The number of hydrogen-bond donors (Lipinski definition) is 3. The molecule has 0 aromatic heterocycles. The van der Waals surface area contributed by atoms with Crippen LogP contribution in [-0.2, 0) is 14.3 Å². The van der Waals surface area contributed by atoms with Crippen LogP contribution in [0, 0.1) is 0 Å². The minimum absolute atomic E-state index is 0.276. The van der Waals surface area contributed by atoms with Gasteiger partial charge in [0.05, 0.1) is 0 Å². The minimum atomic E-state index is -1.13. The van der Waals surface area contributed by atoms with Crippen LogP contribution in [0.2, 0.25) is 0 Å². The molecule has 0 aliphatic heterocycles. The SMILES string of the molecule is CCCC(N/C(=N/C(=O)OC(C)(C)C)NC(=O)OC(C)(C)C)C(=O)O. The van der Waals surface area contributed by atoms with Gasteiger partial charge in [0.1, 0.15) is 17.2 Å². The summed E-state index contributed by atoms with van der Waals surface area (Å²) in [5.41, 5.74) is -1.55. The summed E-state index contributed by atoms with van der Waals surface area (Å²) in [6.07, 6.45) is -0.982. The third kappa shape index (κ3) is 11.8. The monoisotopic (exact) mass is 359 g/mol. The van der Waals surface area contributed by atoms with Crippen molar-refractivity contribution >= 4 is 24.1 Å². The number of hydrogen-bond acceptors (Lipinski definition) is 5. The highest BCUT2D eigenvalue weighted by atomic mass is 16.6. The third-order valence-corrected chi connectivity index (χ3v) is 2.40. The zero-order chi connectivity index (χ0) is 19.8. The molecule has 0 heterocycles. The van der Waals surface area contributed by atoms with Crippen LogP contribution >= 0.6 is 0 Å². The number of rotatable bonds is 4. The summed E-state index contributed by atoms with van der Waals surface area (Å²) in [5.74, 6) is -1.48. The molecular formula is C16H29N3O6. The molecule has 0 saturated heterocycles. The van der Waals surface area contributed by atoms with E-state index in [0.717, 1.165) is 0 Å². The van der Waals surface area contributed by atoms with Crippen LogP contribution in [0.3, 0.4) is 0 Å². The molecule has 9 heteroatoms. The van der Waals surface area contributed by atoms with Crippen molar-refractivity contribution in [3.05, 3.63) is 0 Å². The average molecular weight is 359 g/mol. The Kier molecular flexibility index (Phi) is 8.38. The van der Waals surface area contributed by atoms with Gasteiger partial charge in [-0.2, -0.15) is 0 Å². The van der Waals surface area contributed by atoms with E-state index < -0.39 is 35.4 Å². The number of aliphatic carboxylic acids is 1. The molecule has 0 aliphatic carbocycles. The predicted molar refractivity (Wildman–Crippen MR) is 92.5 cm³/mol. The molecule has 0 spiro atoms. The molecule has 3 N–H and O–H groups in total. The van der Waals surface area contributed by atoms with Crippen LogP contribution in [-0.4, -0.2) is 46.5 Å². The van der Waals surface area contributed by atoms with Gasteiger partial charge < -0.3 is 19.9 Å². The molecule has 1 atom stereocenters. The molecule has 2 amide bonds. The van der Waals surface area contributed by atoms with Crippen LogP contribution < -0.4 is 10.6 Å². The highest BCUT2D eigenvalue weighted by Crippen LogP contribution is 2.09. The summed E-state index contributed by atoms with van der Waals surface area (Å²) in [5, 5.41) is 14.0. The van der Waals surface area contributed by atoms with Crippen LogP contribution in [0.1, 0.15) is 61.3 Å². The topological polar surface area (TPSA) is 126 Å². The Morgan fingerprint density at radius 1 is 1.04 bits per heavy atom. The molecule has 0 saturated carbocycles. The zero-order valence-corrected chi connectivity index (χ0v) is 15.9. The summed E-state index contributed by atoms with van der Waals surface area (Å²) in [6.45, 7) is 11.8. The normalized spacial score (nSPS) is 13.6. The van der Waals surface area contributed by atoms with Crippen molar-refractivity contribution in [2.75, 3.05) is 0 Å². The lowest BCUT2D eigenvalue weighted by Crippen LogP contribution is -2.50. The molecule has 0 aromatic rings. The molecule has 9 nitrogen and oxygen atoms in total. The fraction of sp³-hybridized carbons (Fsp3) is 0.750. The van der Waals surface area contributed by atoms with Crippen LogP contribution in [0.5, 0.6) is 0 Å². The van der Waals surface area contributed by atoms with Gasteiger partial charge in [0.15, 0.2) is 0 Å². The van der Waals surface area contributed by atoms with Crippen molar-refractivity contribution in [3.8, 4) is 0 Å². The van der Waals surface area contributed by atoms with Crippen molar-refractivity contribution < 1.29 is 29.0 Å². The van der Waals surface area contributed by atoms with E-state index in [9.17, 15) is 19.5 Å². The minimum Gasteiger partial charge on any atom is -0.480 e. The Balaban J connectivity index is 5.31. The van der Waals surface area contributed by atoms with Crippen molar-refractivity contribution in [3.63, 3.8) is 0 Å². The van der Waals surface area contributed by atoms with Crippen molar-refractivity contribution in [1.29, 1.82) is 0 Å². The second kappa shape index (κ2) is 9.24. The molecule has 0 bridgehead atoms. The Bertz CT molecular complexity index is 517. The van der Waals surface area contributed by atoms with E-state index >= 15 is 0 Å². The zero-order valence-electron chi connectivity index (χ0n) is 15.9. The van der Waals surface area contributed by atoms with Gasteiger partial charge in [0.2, 0.25) is 5.96 Å². The molecule has 25 heavy (non-hydrogen) atoms. The number of carbonyl (C=O) groups excluding carboxylic acids is 2. The number of aliphatic imine (C=N–C) groups is 1. The quantitative estimate of drug-likeness (QED) is 0.520. The van der Waals surface area contributed by atoms with Gasteiger partial charge in [0.25, 0.3) is 0 Å². The molecule has 0 radical (unpaired) electrons. The van der Waals surface area contributed by atoms with Gasteiger partial charge in [-0.15, -0.1) is 4.99 Å². The number of carboxylic acid groups (broad SMARTS) is 1. The van der Waals surface area contributed by atoms with Gasteiger partial charge in [-0.3, -0.25) is 5.32 Å². The van der Waals surface area contributed by atoms with Crippen molar-refractivity contribution in [2.24, 2.45) is 4.99 Å². The molecule has 1 unspecified atom stereocenters. The number of nitrogens with one attached hydrogen (secondary N) is 2. The van der Waals surface area contributed by atoms with Crippen LogP contribution in [0.15, 0.2) is 4.99 Å². The molecule has 0 aliphatic rings. The van der Waals surface area contributed by atoms with E-state index in [0.29, 0.717) is 6.42 Å². The number of amides is 2. The largest absolute Gasteiger partial charge is 0.480 e. The number of carboxylic acids is 1. The fourth-order valence-corrected chi connectivity index (χ4v) is 1.58. The highest BCUT2D eigenvalue weighted by molar-refractivity contribution is 6.00. The summed E-state index contributed by atoms with van der Waals surface area (Å²) < 4.78 is 10.1. The maximum atomic E-state index is 11.9. The second-order valence-electron chi connectivity index (χ2n) is 7.39. The standard InChI is InChI=1S/C16H29N3O6/c1-8-9-10(11(20)21)17-12(18-13(22)24-15(2,3)4)19-14(23)25-16(5,6)7/h10H,8-9H2,1-7H3,(H,20,21)(H2,17,18,19,22,23). The maximum absolute atomic E-state index is 11.9. The van der Waals surface area contributed by atoms with Gasteiger partial charge in [-0.1, -0.05) is 13.3 Å². The Morgan fingerprint density at radius 2 is 1.56 bits per heavy atom. The van der Waals surface area contributed by atoms with Gasteiger partial charge in [-0.05, 0) is 48.0 Å². The fourth-order valence-electron chi connectivity index (χ4n) is 1.58. The molecule has 0 rings (SSSR count). The molecule has 0 fully saturated rings. The lowest BCUT2D eigenvalue weighted by Gasteiger charge is -2.22. The molecular weight excluding hydrogens is 330 g/mol. The van der Waals surface area contributed by atoms with E-state index in [2.05, 4.69) is 15.6 Å². The van der Waals surface area contributed by atoms with E-state index in [1.807, 2.05) is 6.92 Å². The molecule has 0 aromatic carbocycles. The first-order chi connectivity index (χ1) is 11.2. The third-order valence-electron chi connectivity index (χ3n) is 2.40. The first-order valence-electron chi connectivity index (χ1n) is 8.04. The number of carbonyl (C=O) groups is 3. The summed E-state index contributed by atoms with van der Waals surface area (Å²) in [6, 6.07) is -1.03. The summed E-state index contributed by atoms with van der Waals surface area (Å²) in [7, 11) is 0. The first kappa shape index (κ1) is 22.7. The summed E-state index contributed by atoms with van der Waals surface area (Å²) >= 11 is 0. The number of guanidine groups is 1. The lowest BCUT2D eigenvalue weighted by molar-refractivity contribution is -0.139. The van der Waals surface area contributed by atoms with Crippen LogP contribution in [0.25, 0.3) is 0 Å². The van der Waals surface area contributed by atoms with Crippen molar-refractivity contribution in [2.45, 2.75) is 78.6 Å². The van der Waals surface area contributed by atoms with E-state index in [1.165, 1.54) is 0 Å². The number of alkyl carbamates (subject to hydrolysis) is 1. The number of nitrogens with zero attached hydrogens (tertiary/aromatic N) is 1. The van der Waals surface area contributed by atoms with Crippen molar-refractivity contribution in [1.82, 2.24) is 10.6 Å². The Hall–Kier alpha value is -2.32. The lowest BCUT2D eigenvalue weighted by atomic mass is 10.2. The first-order valence-corrected chi connectivity index (χ1v) is 8.04. The smallest absolute Gasteiger partial charge is 0.437 e. The maximum Gasteiger partial charge on any atom is 0.437 e. The molecule has 144 valence electrons. The predicted octanol–water partition coefficient (Wildman–Crippen LogP) is 2.65. The van der Waals surface area contributed by atoms with Crippen LogP contribution in [0.4, 0.5) is 9.59 Å². The second-order valence-corrected chi connectivity index (χ2v) is 7.39. The average Bonchev–Trinajstić information content (AvgIpc) is 2.32.